The Morgan fingerprint density at radius 3 is 2.33 bits per heavy atom. The summed E-state index contributed by atoms with van der Waals surface area (Å²) in [5.74, 6) is -0.204. The molecule has 0 bridgehead atoms. The molecule has 18 heavy (non-hydrogen) atoms. The number of hydrogen-bond donors (Lipinski definition) is 1. The molecule has 94 valence electrons. The van der Waals surface area contributed by atoms with E-state index in [1.54, 1.807) is 6.07 Å². The largest absolute Gasteiger partial charge is 0.309 e. The first-order chi connectivity index (χ1) is 8.61. The van der Waals surface area contributed by atoms with E-state index in [0.29, 0.717) is 5.56 Å². The first kappa shape index (κ1) is 13.2. The zero-order chi connectivity index (χ0) is 13.1. The second-order valence-corrected chi connectivity index (χ2v) is 5.21. The van der Waals surface area contributed by atoms with Crippen molar-refractivity contribution in [2.45, 2.75) is 13.0 Å². The molecule has 0 saturated carbocycles. The van der Waals surface area contributed by atoms with Gasteiger partial charge in [0, 0.05) is 10.0 Å². The smallest absolute Gasteiger partial charge is 0.129 e. The zero-order valence-corrected chi connectivity index (χ0v) is 12.0. The zero-order valence-electron chi connectivity index (χ0n) is 10.4. The molecule has 2 aromatic carbocycles. The van der Waals surface area contributed by atoms with Gasteiger partial charge in [0.2, 0.25) is 0 Å². The molecule has 1 unspecified atom stereocenters. The third kappa shape index (κ3) is 2.79. The summed E-state index contributed by atoms with van der Waals surface area (Å²) in [5, 5.41) is 3.16. The van der Waals surface area contributed by atoms with Crippen LogP contribution in [0.4, 0.5) is 4.39 Å². The van der Waals surface area contributed by atoms with Gasteiger partial charge in [-0.15, -0.1) is 0 Å². The van der Waals surface area contributed by atoms with Crippen molar-refractivity contribution in [1.82, 2.24) is 5.32 Å². The van der Waals surface area contributed by atoms with E-state index in [2.05, 4.69) is 21.2 Å². The predicted octanol–water partition coefficient (Wildman–Crippen LogP) is 4.21. The molecule has 0 aromatic heterocycles. The average molecular weight is 308 g/mol. The Labute approximate surface area is 115 Å². The van der Waals surface area contributed by atoms with Crippen LogP contribution in [0.15, 0.2) is 46.9 Å². The van der Waals surface area contributed by atoms with Crippen LogP contribution in [0, 0.1) is 12.7 Å². The number of nitrogens with one attached hydrogen (secondary N) is 1. The highest BCUT2D eigenvalue weighted by Gasteiger charge is 2.15. The molecule has 2 aromatic rings. The van der Waals surface area contributed by atoms with Gasteiger partial charge in [-0.25, -0.2) is 4.39 Å². The number of rotatable bonds is 3. The first-order valence-corrected chi connectivity index (χ1v) is 6.60. The quantitative estimate of drug-likeness (QED) is 0.896. The van der Waals surface area contributed by atoms with Crippen LogP contribution in [-0.2, 0) is 0 Å². The van der Waals surface area contributed by atoms with Crippen molar-refractivity contribution in [3.8, 4) is 0 Å². The fraction of sp³-hybridized carbons (Fsp3) is 0.200. The molecule has 0 aliphatic carbocycles. The molecule has 1 atom stereocenters. The summed E-state index contributed by atoms with van der Waals surface area (Å²) < 4.78 is 14.7. The molecule has 0 radical (unpaired) electrons. The molecule has 2 rings (SSSR count). The standard InChI is InChI=1S/C15H15BrFN/c1-10-3-5-11(6-4-10)15(18-2)13-8-7-12(16)9-14(13)17/h3-9,15,18H,1-2H3. The molecule has 1 nitrogen and oxygen atoms in total. The van der Waals surface area contributed by atoms with Gasteiger partial charge < -0.3 is 5.32 Å². The Bertz CT molecular complexity index is 537. The molecular weight excluding hydrogens is 293 g/mol. The van der Waals surface area contributed by atoms with Crippen LogP contribution in [0.2, 0.25) is 0 Å². The summed E-state index contributed by atoms with van der Waals surface area (Å²) >= 11 is 3.27. The van der Waals surface area contributed by atoms with Crippen molar-refractivity contribution >= 4 is 15.9 Å². The van der Waals surface area contributed by atoms with Gasteiger partial charge in [-0.05, 0) is 31.7 Å². The number of hydrogen-bond acceptors (Lipinski definition) is 1. The molecule has 0 heterocycles. The molecule has 3 heteroatoms. The highest BCUT2D eigenvalue weighted by atomic mass is 79.9. The van der Waals surface area contributed by atoms with Crippen LogP contribution in [0.5, 0.6) is 0 Å². The van der Waals surface area contributed by atoms with E-state index in [9.17, 15) is 4.39 Å². The Kier molecular flexibility index (Phi) is 4.15. The van der Waals surface area contributed by atoms with Crippen LogP contribution >= 0.6 is 15.9 Å². The van der Waals surface area contributed by atoms with E-state index in [1.165, 1.54) is 11.6 Å². The fourth-order valence-corrected chi connectivity index (χ4v) is 2.33. The third-order valence-electron chi connectivity index (χ3n) is 2.97. The van der Waals surface area contributed by atoms with Crippen LogP contribution in [-0.4, -0.2) is 7.05 Å². The summed E-state index contributed by atoms with van der Waals surface area (Å²) in [7, 11) is 1.84. The van der Waals surface area contributed by atoms with Crippen molar-refractivity contribution in [1.29, 1.82) is 0 Å². The minimum Gasteiger partial charge on any atom is -0.309 e. The van der Waals surface area contributed by atoms with Gasteiger partial charge in [0.15, 0.2) is 0 Å². The van der Waals surface area contributed by atoms with Crippen molar-refractivity contribution < 1.29 is 4.39 Å². The Balaban J connectivity index is 2.41. The highest BCUT2D eigenvalue weighted by Crippen LogP contribution is 2.26. The maximum atomic E-state index is 14.0. The lowest BCUT2D eigenvalue weighted by Gasteiger charge is -2.18. The lowest BCUT2D eigenvalue weighted by Crippen LogP contribution is -2.18. The molecule has 0 amide bonds. The summed E-state index contributed by atoms with van der Waals surface area (Å²) in [5.41, 5.74) is 2.92. The SMILES string of the molecule is CNC(c1ccc(C)cc1)c1ccc(Br)cc1F. The van der Waals surface area contributed by atoms with Gasteiger partial charge in [-0.3, -0.25) is 0 Å². The molecule has 0 saturated heterocycles. The second-order valence-electron chi connectivity index (χ2n) is 4.30. The highest BCUT2D eigenvalue weighted by molar-refractivity contribution is 9.10. The van der Waals surface area contributed by atoms with E-state index in [-0.39, 0.29) is 11.9 Å². The van der Waals surface area contributed by atoms with Crippen LogP contribution < -0.4 is 5.32 Å². The maximum absolute atomic E-state index is 14.0. The lowest BCUT2D eigenvalue weighted by atomic mass is 9.97. The topological polar surface area (TPSA) is 12.0 Å². The minimum atomic E-state index is -0.204. The average Bonchev–Trinajstić information content (AvgIpc) is 2.35. The van der Waals surface area contributed by atoms with Crippen molar-refractivity contribution in [3.05, 3.63) is 69.4 Å². The predicted molar refractivity (Wildman–Crippen MR) is 76.2 cm³/mol. The minimum absolute atomic E-state index is 0.126. The Hall–Kier alpha value is -1.19. The van der Waals surface area contributed by atoms with Crippen LogP contribution in [0.3, 0.4) is 0 Å². The maximum Gasteiger partial charge on any atom is 0.129 e. The fourth-order valence-electron chi connectivity index (χ4n) is 2.00. The van der Waals surface area contributed by atoms with Crippen LogP contribution in [0.25, 0.3) is 0 Å². The second kappa shape index (κ2) is 5.63. The third-order valence-corrected chi connectivity index (χ3v) is 3.47. The van der Waals surface area contributed by atoms with Crippen molar-refractivity contribution in [2.75, 3.05) is 7.05 Å². The number of halogens is 2. The van der Waals surface area contributed by atoms with Crippen molar-refractivity contribution in [3.63, 3.8) is 0 Å². The van der Waals surface area contributed by atoms with Crippen molar-refractivity contribution in [2.24, 2.45) is 0 Å². The number of benzene rings is 2. The Morgan fingerprint density at radius 1 is 1.11 bits per heavy atom. The lowest BCUT2D eigenvalue weighted by molar-refractivity contribution is 0.575. The monoisotopic (exact) mass is 307 g/mol. The molecular formula is C15H15BrFN. The Morgan fingerprint density at radius 2 is 1.78 bits per heavy atom. The normalized spacial score (nSPS) is 12.4. The summed E-state index contributed by atoms with van der Waals surface area (Å²) in [6.07, 6.45) is 0. The summed E-state index contributed by atoms with van der Waals surface area (Å²) in [6.45, 7) is 2.04. The molecule has 1 N–H and O–H groups in total. The molecule has 0 aliphatic heterocycles. The van der Waals surface area contributed by atoms with Gasteiger partial charge in [0.1, 0.15) is 5.82 Å². The van der Waals surface area contributed by atoms with Gasteiger partial charge in [0.25, 0.3) is 0 Å². The molecule has 0 fully saturated rings. The van der Waals surface area contributed by atoms with Gasteiger partial charge in [-0.1, -0.05) is 51.8 Å². The molecule has 0 aliphatic rings. The summed E-state index contributed by atoms with van der Waals surface area (Å²) in [4.78, 5) is 0. The van der Waals surface area contributed by atoms with Gasteiger partial charge in [0.05, 0.1) is 6.04 Å². The van der Waals surface area contributed by atoms with Gasteiger partial charge in [-0.2, -0.15) is 0 Å². The summed E-state index contributed by atoms with van der Waals surface area (Å²) in [6, 6.07) is 13.2. The molecule has 0 spiro atoms. The van der Waals surface area contributed by atoms with Gasteiger partial charge >= 0.3 is 0 Å². The van der Waals surface area contributed by atoms with E-state index in [0.717, 1.165) is 10.0 Å². The first-order valence-electron chi connectivity index (χ1n) is 5.80. The van der Waals surface area contributed by atoms with E-state index >= 15 is 0 Å². The van der Waals surface area contributed by atoms with E-state index in [1.807, 2.05) is 44.3 Å². The van der Waals surface area contributed by atoms with E-state index < -0.39 is 0 Å². The number of aryl methyl sites for hydroxylation is 1. The van der Waals surface area contributed by atoms with Crippen LogP contribution in [0.1, 0.15) is 22.7 Å². The van der Waals surface area contributed by atoms with E-state index in [4.69, 9.17) is 0 Å².